The van der Waals surface area contributed by atoms with Crippen molar-refractivity contribution in [1.29, 1.82) is 0 Å². The average molecular weight is 205 g/mol. The highest BCUT2D eigenvalue weighted by atomic mass is 32.1. The summed E-state index contributed by atoms with van der Waals surface area (Å²) in [4.78, 5) is 7.36. The monoisotopic (exact) mass is 205 g/mol. The predicted molar refractivity (Wildman–Crippen MR) is 58.2 cm³/mol. The number of imidazole rings is 1. The third-order valence-corrected chi connectivity index (χ3v) is 2.29. The number of hydrogen-bond donors (Lipinski definition) is 1. The minimum Gasteiger partial charge on any atom is -0.337 e. The summed E-state index contributed by atoms with van der Waals surface area (Å²) in [5, 5.41) is 0. The molecule has 0 radical (unpaired) electrons. The van der Waals surface area contributed by atoms with Crippen LogP contribution in [0.2, 0.25) is 0 Å². The van der Waals surface area contributed by atoms with Gasteiger partial charge in [-0.05, 0) is 43.8 Å². The molecule has 2 rings (SSSR count). The standard InChI is InChI=1S/C10H11N3S/c1-7-5-8(2)12-9(6-7)13-4-3-11-10(13)14/h3-6H,1-2H3,(H,11,14). The summed E-state index contributed by atoms with van der Waals surface area (Å²) in [5.74, 6) is 0.869. The molecule has 0 fully saturated rings. The summed E-state index contributed by atoms with van der Waals surface area (Å²) in [6.45, 7) is 4.03. The Hall–Kier alpha value is -1.42. The Kier molecular flexibility index (Phi) is 2.21. The Morgan fingerprint density at radius 2 is 2.14 bits per heavy atom. The molecule has 0 saturated heterocycles. The fourth-order valence-electron chi connectivity index (χ4n) is 1.44. The van der Waals surface area contributed by atoms with E-state index in [-0.39, 0.29) is 0 Å². The molecule has 3 nitrogen and oxygen atoms in total. The Morgan fingerprint density at radius 1 is 1.36 bits per heavy atom. The molecule has 0 aliphatic carbocycles. The van der Waals surface area contributed by atoms with E-state index in [0.717, 1.165) is 11.5 Å². The minimum atomic E-state index is 0.669. The normalized spacial score (nSPS) is 10.4. The number of rotatable bonds is 1. The molecule has 0 saturated carbocycles. The van der Waals surface area contributed by atoms with Crippen molar-refractivity contribution in [2.24, 2.45) is 0 Å². The average Bonchev–Trinajstić information content (AvgIpc) is 2.49. The van der Waals surface area contributed by atoms with Crippen molar-refractivity contribution in [3.63, 3.8) is 0 Å². The number of pyridine rings is 1. The van der Waals surface area contributed by atoms with E-state index >= 15 is 0 Å². The van der Waals surface area contributed by atoms with Crippen molar-refractivity contribution >= 4 is 12.2 Å². The maximum Gasteiger partial charge on any atom is 0.182 e. The number of aromatic amines is 1. The second-order valence-electron chi connectivity index (χ2n) is 3.28. The van der Waals surface area contributed by atoms with Gasteiger partial charge in [0.15, 0.2) is 4.77 Å². The first-order valence-electron chi connectivity index (χ1n) is 4.38. The molecule has 1 N–H and O–H groups in total. The SMILES string of the molecule is Cc1cc(C)nc(-n2cc[nH]c2=S)c1. The van der Waals surface area contributed by atoms with Gasteiger partial charge >= 0.3 is 0 Å². The first-order valence-corrected chi connectivity index (χ1v) is 4.79. The molecule has 4 heteroatoms. The Balaban J connectivity index is 2.63. The molecule has 0 aromatic carbocycles. The van der Waals surface area contributed by atoms with Crippen LogP contribution >= 0.6 is 12.2 Å². The van der Waals surface area contributed by atoms with Crippen LogP contribution in [0.15, 0.2) is 24.5 Å². The van der Waals surface area contributed by atoms with E-state index in [1.54, 1.807) is 0 Å². The highest BCUT2D eigenvalue weighted by Crippen LogP contribution is 2.09. The lowest BCUT2D eigenvalue weighted by atomic mass is 10.2. The lowest BCUT2D eigenvalue weighted by molar-refractivity contribution is 0.954. The molecule has 2 heterocycles. The van der Waals surface area contributed by atoms with E-state index in [1.165, 1.54) is 5.56 Å². The van der Waals surface area contributed by atoms with E-state index in [0.29, 0.717) is 4.77 Å². The molecule has 72 valence electrons. The van der Waals surface area contributed by atoms with E-state index in [9.17, 15) is 0 Å². The summed E-state index contributed by atoms with van der Waals surface area (Å²) in [6.07, 6.45) is 3.69. The second-order valence-corrected chi connectivity index (χ2v) is 3.67. The molecular formula is C10H11N3S. The highest BCUT2D eigenvalue weighted by molar-refractivity contribution is 7.71. The number of H-pyrrole nitrogens is 1. The van der Waals surface area contributed by atoms with E-state index < -0.39 is 0 Å². The maximum absolute atomic E-state index is 5.12. The smallest absolute Gasteiger partial charge is 0.182 e. The summed E-state index contributed by atoms with van der Waals surface area (Å²) in [7, 11) is 0. The zero-order valence-corrected chi connectivity index (χ0v) is 8.93. The van der Waals surface area contributed by atoms with Crippen LogP contribution in [0.4, 0.5) is 0 Å². The van der Waals surface area contributed by atoms with Crippen LogP contribution in [0.1, 0.15) is 11.3 Å². The van der Waals surface area contributed by atoms with Gasteiger partial charge in [-0.25, -0.2) is 4.98 Å². The van der Waals surface area contributed by atoms with Crippen molar-refractivity contribution < 1.29 is 0 Å². The Labute approximate surface area is 87.4 Å². The number of hydrogen-bond acceptors (Lipinski definition) is 2. The minimum absolute atomic E-state index is 0.669. The fourth-order valence-corrected chi connectivity index (χ4v) is 1.67. The van der Waals surface area contributed by atoms with E-state index in [4.69, 9.17) is 12.2 Å². The van der Waals surface area contributed by atoms with Crippen molar-refractivity contribution in [2.45, 2.75) is 13.8 Å². The van der Waals surface area contributed by atoms with Gasteiger partial charge in [-0.1, -0.05) is 0 Å². The van der Waals surface area contributed by atoms with Gasteiger partial charge in [0, 0.05) is 18.1 Å². The van der Waals surface area contributed by atoms with Gasteiger partial charge < -0.3 is 4.98 Å². The molecular weight excluding hydrogens is 194 g/mol. The topological polar surface area (TPSA) is 33.6 Å². The van der Waals surface area contributed by atoms with Crippen LogP contribution < -0.4 is 0 Å². The third-order valence-electron chi connectivity index (χ3n) is 1.98. The van der Waals surface area contributed by atoms with Crippen LogP contribution in [0, 0.1) is 18.6 Å². The summed E-state index contributed by atoms with van der Waals surface area (Å²) >= 11 is 5.12. The maximum atomic E-state index is 5.12. The van der Waals surface area contributed by atoms with Gasteiger partial charge in [-0.3, -0.25) is 4.57 Å². The van der Waals surface area contributed by atoms with Gasteiger partial charge in [0.05, 0.1) is 0 Å². The van der Waals surface area contributed by atoms with E-state index in [1.807, 2.05) is 36.0 Å². The number of aromatic nitrogens is 3. The van der Waals surface area contributed by atoms with Crippen molar-refractivity contribution in [3.8, 4) is 5.82 Å². The van der Waals surface area contributed by atoms with Crippen LogP contribution in [-0.2, 0) is 0 Å². The molecule has 2 aromatic rings. The van der Waals surface area contributed by atoms with Gasteiger partial charge in [-0.15, -0.1) is 0 Å². The van der Waals surface area contributed by atoms with Crippen LogP contribution in [-0.4, -0.2) is 14.5 Å². The lowest BCUT2D eigenvalue weighted by Crippen LogP contribution is -1.98. The Morgan fingerprint density at radius 3 is 2.71 bits per heavy atom. The summed E-state index contributed by atoms with van der Waals surface area (Å²) in [6, 6.07) is 4.05. The largest absolute Gasteiger partial charge is 0.337 e. The molecule has 2 aromatic heterocycles. The van der Waals surface area contributed by atoms with Crippen molar-refractivity contribution in [3.05, 3.63) is 40.6 Å². The van der Waals surface area contributed by atoms with Crippen molar-refractivity contribution in [1.82, 2.24) is 14.5 Å². The second kappa shape index (κ2) is 3.38. The van der Waals surface area contributed by atoms with Gasteiger partial charge in [-0.2, -0.15) is 0 Å². The van der Waals surface area contributed by atoms with Gasteiger partial charge in [0.25, 0.3) is 0 Å². The highest BCUT2D eigenvalue weighted by Gasteiger charge is 2.00. The molecule has 0 spiro atoms. The molecule has 0 aliphatic heterocycles. The van der Waals surface area contributed by atoms with Crippen LogP contribution in [0.25, 0.3) is 5.82 Å². The van der Waals surface area contributed by atoms with E-state index in [2.05, 4.69) is 16.9 Å². The number of nitrogens with zero attached hydrogens (tertiary/aromatic N) is 2. The van der Waals surface area contributed by atoms with Gasteiger partial charge in [0.1, 0.15) is 5.82 Å². The van der Waals surface area contributed by atoms with Gasteiger partial charge in [0.2, 0.25) is 0 Å². The zero-order valence-electron chi connectivity index (χ0n) is 8.11. The third kappa shape index (κ3) is 1.61. The molecule has 0 unspecified atom stereocenters. The Bertz CT molecular complexity index is 490. The fraction of sp³-hybridized carbons (Fsp3) is 0.200. The van der Waals surface area contributed by atoms with Crippen LogP contribution in [0.3, 0.4) is 0 Å². The summed E-state index contributed by atoms with van der Waals surface area (Å²) in [5.41, 5.74) is 2.19. The first-order chi connectivity index (χ1) is 6.66. The number of aryl methyl sites for hydroxylation is 2. The molecule has 0 bridgehead atoms. The quantitative estimate of drug-likeness (QED) is 0.726. The molecule has 0 atom stereocenters. The molecule has 0 amide bonds. The predicted octanol–water partition coefficient (Wildman–Crippen LogP) is 2.55. The molecule has 0 aliphatic rings. The first kappa shape index (κ1) is 9.15. The summed E-state index contributed by atoms with van der Waals surface area (Å²) < 4.78 is 2.53. The number of nitrogens with one attached hydrogen (secondary N) is 1. The molecule has 14 heavy (non-hydrogen) atoms. The van der Waals surface area contributed by atoms with Crippen LogP contribution in [0.5, 0.6) is 0 Å². The van der Waals surface area contributed by atoms with Crippen molar-refractivity contribution in [2.75, 3.05) is 0 Å². The lowest BCUT2D eigenvalue weighted by Gasteiger charge is -2.03. The zero-order chi connectivity index (χ0) is 10.1.